The van der Waals surface area contributed by atoms with Crippen LogP contribution in [-0.4, -0.2) is 56.5 Å². The Bertz CT molecular complexity index is 248. The van der Waals surface area contributed by atoms with Gasteiger partial charge in [0, 0.05) is 13.7 Å². The number of morpholine rings is 1. The minimum Gasteiger partial charge on any atom is -0.383 e. The second-order valence-electron chi connectivity index (χ2n) is 4.86. The van der Waals surface area contributed by atoms with Gasteiger partial charge in [0.15, 0.2) is 0 Å². The molecule has 0 bridgehead atoms. The highest BCUT2D eigenvalue weighted by Crippen LogP contribution is 2.08. The standard InChI is InChI=1S/C13H26N2O3/c1-4-5-6-12(10-17-3)14-13(16)15-7-8-18-9-11(15)2/h11-12H,4-10H2,1-3H3,(H,14,16)/t11-,12+/m1/s1. The second kappa shape index (κ2) is 8.32. The Morgan fingerprint density at radius 2 is 2.39 bits per heavy atom. The van der Waals surface area contributed by atoms with Crippen LogP contribution in [0.1, 0.15) is 33.1 Å². The van der Waals surface area contributed by atoms with Crippen LogP contribution in [0.4, 0.5) is 4.79 Å². The first kappa shape index (κ1) is 15.2. The van der Waals surface area contributed by atoms with Gasteiger partial charge in [-0.1, -0.05) is 19.8 Å². The van der Waals surface area contributed by atoms with Crippen LogP contribution in [0.25, 0.3) is 0 Å². The van der Waals surface area contributed by atoms with Gasteiger partial charge in [-0.05, 0) is 13.3 Å². The number of nitrogens with zero attached hydrogens (tertiary/aromatic N) is 1. The summed E-state index contributed by atoms with van der Waals surface area (Å²) in [6, 6.07) is 0.259. The fourth-order valence-corrected chi connectivity index (χ4v) is 2.14. The molecule has 1 heterocycles. The molecule has 1 rings (SSSR count). The Hall–Kier alpha value is -0.810. The van der Waals surface area contributed by atoms with Crippen molar-refractivity contribution in [3.05, 3.63) is 0 Å². The second-order valence-corrected chi connectivity index (χ2v) is 4.86. The van der Waals surface area contributed by atoms with E-state index in [9.17, 15) is 4.79 Å². The maximum absolute atomic E-state index is 12.2. The molecule has 0 aliphatic carbocycles. The highest BCUT2D eigenvalue weighted by atomic mass is 16.5. The number of amides is 2. The maximum atomic E-state index is 12.2. The molecule has 0 aromatic rings. The third-order valence-corrected chi connectivity index (χ3v) is 3.23. The summed E-state index contributed by atoms with van der Waals surface area (Å²) in [5, 5.41) is 3.06. The van der Waals surface area contributed by atoms with Gasteiger partial charge in [0.2, 0.25) is 0 Å². The van der Waals surface area contributed by atoms with Crippen molar-refractivity contribution in [2.75, 3.05) is 33.5 Å². The van der Waals surface area contributed by atoms with Crippen LogP contribution < -0.4 is 5.32 Å². The molecule has 18 heavy (non-hydrogen) atoms. The normalized spacial score (nSPS) is 21.7. The van der Waals surface area contributed by atoms with E-state index in [2.05, 4.69) is 12.2 Å². The summed E-state index contributed by atoms with van der Waals surface area (Å²) in [5.41, 5.74) is 0. The summed E-state index contributed by atoms with van der Waals surface area (Å²) in [4.78, 5) is 14.0. The maximum Gasteiger partial charge on any atom is 0.318 e. The predicted molar refractivity (Wildman–Crippen MR) is 70.7 cm³/mol. The quantitative estimate of drug-likeness (QED) is 0.787. The Balaban J connectivity index is 2.43. The van der Waals surface area contributed by atoms with Crippen molar-refractivity contribution < 1.29 is 14.3 Å². The minimum absolute atomic E-state index is 0.00366. The predicted octanol–water partition coefficient (Wildman–Crippen LogP) is 1.62. The van der Waals surface area contributed by atoms with Crippen molar-refractivity contribution in [1.82, 2.24) is 10.2 Å². The van der Waals surface area contributed by atoms with Crippen molar-refractivity contribution in [2.24, 2.45) is 0 Å². The van der Waals surface area contributed by atoms with Gasteiger partial charge in [0.05, 0.1) is 31.9 Å². The van der Waals surface area contributed by atoms with E-state index in [1.807, 2.05) is 11.8 Å². The molecule has 2 amide bonds. The van der Waals surface area contributed by atoms with Gasteiger partial charge < -0.3 is 19.7 Å². The zero-order chi connectivity index (χ0) is 13.4. The molecule has 1 N–H and O–H groups in total. The Morgan fingerprint density at radius 3 is 3.00 bits per heavy atom. The van der Waals surface area contributed by atoms with Crippen LogP contribution in [0, 0.1) is 0 Å². The number of rotatable bonds is 6. The number of carbonyl (C=O) groups is 1. The molecule has 0 unspecified atom stereocenters. The van der Waals surface area contributed by atoms with E-state index in [0.717, 1.165) is 19.3 Å². The van der Waals surface area contributed by atoms with Crippen molar-refractivity contribution in [3.8, 4) is 0 Å². The lowest BCUT2D eigenvalue weighted by atomic mass is 10.1. The Morgan fingerprint density at radius 1 is 1.61 bits per heavy atom. The molecule has 1 aliphatic rings. The summed E-state index contributed by atoms with van der Waals surface area (Å²) < 4.78 is 10.5. The number of ether oxygens (including phenoxy) is 2. The van der Waals surface area contributed by atoms with E-state index in [0.29, 0.717) is 26.4 Å². The number of hydrogen-bond acceptors (Lipinski definition) is 3. The van der Waals surface area contributed by atoms with Gasteiger partial charge >= 0.3 is 6.03 Å². The van der Waals surface area contributed by atoms with E-state index >= 15 is 0 Å². The molecule has 2 atom stereocenters. The molecule has 1 saturated heterocycles. The van der Waals surface area contributed by atoms with Crippen molar-refractivity contribution >= 4 is 6.03 Å². The largest absolute Gasteiger partial charge is 0.383 e. The fourth-order valence-electron chi connectivity index (χ4n) is 2.14. The summed E-state index contributed by atoms with van der Waals surface area (Å²) >= 11 is 0. The lowest BCUT2D eigenvalue weighted by Crippen LogP contribution is -2.54. The van der Waals surface area contributed by atoms with Crippen LogP contribution in [0.2, 0.25) is 0 Å². The van der Waals surface area contributed by atoms with Crippen molar-refractivity contribution in [2.45, 2.75) is 45.2 Å². The molecule has 106 valence electrons. The zero-order valence-electron chi connectivity index (χ0n) is 11.8. The number of methoxy groups -OCH3 is 1. The topological polar surface area (TPSA) is 50.8 Å². The van der Waals surface area contributed by atoms with Crippen LogP contribution in [0.15, 0.2) is 0 Å². The van der Waals surface area contributed by atoms with E-state index < -0.39 is 0 Å². The molecule has 1 aliphatic heterocycles. The smallest absolute Gasteiger partial charge is 0.318 e. The van der Waals surface area contributed by atoms with Crippen molar-refractivity contribution in [3.63, 3.8) is 0 Å². The number of hydrogen-bond donors (Lipinski definition) is 1. The molecule has 0 aromatic heterocycles. The Kier molecular flexibility index (Phi) is 7.05. The number of urea groups is 1. The molecule has 0 spiro atoms. The van der Waals surface area contributed by atoms with Gasteiger partial charge in [0.1, 0.15) is 0 Å². The molecule has 5 heteroatoms. The number of nitrogens with one attached hydrogen (secondary N) is 1. The van der Waals surface area contributed by atoms with Gasteiger partial charge in [-0.2, -0.15) is 0 Å². The number of unbranched alkanes of at least 4 members (excludes halogenated alkanes) is 1. The van der Waals surface area contributed by atoms with E-state index in [-0.39, 0.29) is 18.1 Å². The third-order valence-electron chi connectivity index (χ3n) is 3.23. The zero-order valence-corrected chi connectivity index (χ0v) is 11.8. The lowest BCUT2D eigenvalue weighted by molar-refractivity contribution is 0.0175. The molecule has 5 nitrogen and oxygen atoms in total. The van der Waals surface area contributed by atoms with Crippen molar-refractivity contribution in [1.29, 1.82) is 0 Å². The molecule has 0 aromatic carbocycles. The molecule has 1 fully saturated rings. The molecular weight excluding hydrogens is 232 g/mol. The third kappa shape index (κ3) is 4.82. The monoisotopic (exact) mass is 258 g/mol. The van der Waals surface area contributed by atoms with Gasteiger partial charge in [-0.15, -0.1) is 0 Å². The van der Waals surface area contributed by atoms with Crippen LogP contribution >= 0.6 is 0 Å². The summed E-state index contributed by atoms with van der Waals surface area (Å²) in [6.07, 6.45) is 3.20. The minimum atomic E-state index is 0.00366. The van der Waals surface area contributed by atoms with Gasteiger partial charge in [-0.3, -0.25) is 0 Å². The highest BCUT2D eigenvalue weighted by Gasteiger charge is 2.25. The first-order valence-corrected chi connectivity index (χ1v) is 6.82. The molecule has 0 saturated carbocycles. The molecular formula is C13H26N2O3. The summed E-state index contributed by atoms with van der Waals surface area (Å²) in [5.74, 6) is 0. The summed E-state index contributed by atoms with van der Waals surface area (Å²) in [6.45, 7) is 6.65. The highest BCUT2D eigenvalue weighted by molar-refractivity contribution is 5.75. The van der Waals surface area contributed by atoms with E-state index in [1.165, 1.54) is 0 Å². The SMILES string of the molecule is CCCC[C@@H](COC)NC(=O)N1CCOC[C@H]1C. The van der Waals surface area contributed by atoms with E-state index in [4.69, 9.17) is 9.47 Å². The number of carbonyl (C=O) groups excluding carboxylic acids is 1. The first-order chi connectivity index (χ1) is 8.69. The van der Waals surface area contributed by atoms with Crippen LogP contribution in [0.3, 0.4) is 0 Å². The van der Waals surface area contributed by atoms with Gasteiger partial charge in [-0.25, -0.2) is 4.79 Å². The lowest BCUT2D eigenvalue weighted by Gasteiger charge is -2.34. The summed E-state index contributed by atoms with van der Waals surface area (Å²) in [7, 11) is 1.67. The van der Waals surface area contributed by atoms with Crippen LogP contribution in [0.5, 0.6) is 0 Å². The van der Waals surface area contributed by atoms with Gasteiger partial charge in [0.25, 0.3) is 0 Å². The average Bonchev–Trinajstić information content (AvgIpc) is 2.36. The van der Waals surface area contributed by atoms with Crippen LogP contribution in [-0.2, 0) is 9.47 Å². The Labute approximate surface area is 110 Å². The average molecular weight is 258 g/mol. The van der Waals surface area contributed by atoms with E-state index in [1.54, 1.807) is 7.11 Å². The molecule has 0 radical (unpaired) electrons. The first-order valence-electron chi connectivity index (χ1n) is 6.82. The fraction of sp³-hybridized carbons (Fsp3) is 0.923.